The maximum atomic E-state index is 11.5. The third-order valence-corrected chi connectivity index (χ3v) is 2.72. The first-order valence-electron chi connectivity index (χ1n) is 6.46. The molecule has 0 N–H and O–H groups in total. The third kappa shape index (κ3) is 3.95. The Labute approximate surface area is 119 Å². The van der Waals surface area contributed by atoms with Gasteiger partial charge >= 0.3 is 5.97 Å². The average molecular weight is 264 g/mol. The van der Waals surface area contributed by atoms with Crippen LogP contribution in [0.5, 0.6) is 5.75 Å². The zero-order chi connectivity index (χ0) is 14.2. The Kier molecular flexibility index (Phi) is 4.90. The molecule has 0 saturated heterocycles. The summed E-state index contributed by atoms with van der Waals surface area (Å²) in [6, 6.07) is 17.5. The van der Waals surface area contributed by atoms with Gasteiger partial charge in [0.2, 0.25) is 0 Å². The minimum absolute atomic E-state index is 0.379. The van der Waals surface area contributed by atoms with E-state index in [9.17, 15) is 4.79 Å². The predicted octanol–water partition coefficient (Wildman–Crippen LogP) is 4.39. The Hall–Kier alpha value is -2.61. The highest BCUT2D eigenvalue weighted by molar-refractivity contribution is 5.84. The molecule has 0 amide bonds. The molecular weight excluding hydrogens is 248 g/mol. The maximum absolute atomic E-state index is 11.5. The van der Waals surface area contributed by atoms with Crippen molar-refractivity contribution in [1.29, 1.82) is 0 Å². The van der Waals surface area contributed by atoms with Crippen molar-refractivity contribution in [2.24, 2.45) is 0 Å². The van der Waals surface area contributed by atoms with Crippen molar-refractivity contribution in [3.63, 3.8) is 0 Å². The molecule has 20 heavy (non-hydrogen) atoms. The second-order valence-electron chi connectivity index (χ2n) is 4.20. The first kappa shape index (κ1) is 13.8. The van der Waals surface area contributed by atoms with Crippen LogP contribution in [0.3, 0.4) is 0 Å². The van der Waals surface area contributed by atoms with Crippen LogP contribution in [0.1, 0.15) is 6.92 Å². The molecule has 0 aliphatic heterocycles. The SMILES string of the molecule is C/C=C/C=C/C(=O)Oc1ccc(-c2ccccc2)cc1. The largest absolute Gasteiger partial charge is 0.423 e. The van der Waals surface area contributed by atoms with Crippen molar-refractivity contribution < 1.29 is 9.53 Å². The monoisotopic (exact) mass is 264 g/mol. The number of carbonyl (C=O) groups excluding carboxylic acids is 1. The van der Waals surface area contributed by atoms with Gasteiger partial charge in [-0.3, -0.25) is 0 Å². The van der Waals surface area contributed by atoms with Crippen LogP contribution in [0.25, 0.3) is 11.1 Å². The third-order valence-electron chi connectivity index (χ3n) is 2.72. The molecule has 0 aromatic heterocycles. The Morgan fingerprint density at radius 2 is 1.55 bits per heavy atom. The summed E-state index contributed by atoms with van der Waals surface area (Å²) in [7, 11) is 0. The van der Waals surface area contributed by atoms with Crippen LogP contribution in [0.2, 0.25) is 0 Å². The zero-order valence-electron chi connectivity index (χ0n) is 11.3. The summed E-state index contributed by atoms with van der Waals surface area (Å²) >= 11 is 0. The molecule has 0 bridgehead atoms. The summed E-state index contributed by atoms with van der Waals surface area (Å²) in [6.45, 7) is 1.89. The molecule has 0 heterocycles. The van der Waals surface area contributed by atoms with Crippen molar-refractivity contribution in [3.8, 4) is 16.9 Å². The lowest BCUT2D eigenvalue weighted by Gasteiger charge is -2.04. The Morgan fingerprint density at radius 1 is 0.900 bits per heavy atom. The summed E-state index contributed by atoms with van der Waals surface area (Å²) in [6.07, 6.45) is 6.67. The lowest BCUT2D eigenvalue weighted by atomic mass is 10.1. The first-order valence-corrected chi connectivity index (χ1v) is 6.46. The molecule has 0 aliphatic carbocycles. The van der Waals surface area contributed by atoms with E-state index in [0.29, 0.717) is 5.75 Å². The van der Waals surface area contributed by atoms with Gasteiger partial charge in [-0.1, -0.05) is 60.7 Å². The average Bonchev–Trinajstić information content (AvgIpc) is 2.49. The Morgan fingerprint density at radius 3 is 2.20 bits per heavy atom. The number of hydrogen-bond acceptors (Lipinski definition) is 2. The highest BCUT2D eigenvalue weighted by Gasteiger charge is 2.01. The second-order valence-corrected chi connectivity index (χ2v) is 4.20. The number of allylic oxidation sites excluding steroid dienone is 3. The van der Waals surface area contributed by atoms with Gasteiger partial charge < -0.3 is 4.74 Å². The molecule has 0 saturated carbocycles. The maximum Gasteiger partial charge on any atom is 0.336 e. The van der Waals surface area contributed by atoms with Gasteiger partial charge in [0.05, 0.1) is 0 Å². The molecule has 0 aliphatic rings. The Bertz CT molecular complexity index is 608. The van der Waals surface area contributed by atoms with Crippen LogP contribution in [0.4, 0.5) is 0 Å². The molecule has 2 nitrogen and oxygen atoms in total. The van der Waals surface area contributed by atoms with Gasteiger partial charge in [0.25, 0.3) is 0 Å². The van der Waals surface area contributed by atoms with E-state index in [4.69, 9.17) is 4.74 Å². The number of carbonyl (C=O) groups is 1. The van der Waals surface area contributed by atoms with Crippen LogP contribution in [0, 0.1) is 0 Å². The predicted molar refractivity (Wildman–Crippen MR) is 81.5 cm³/mol. The fourth-order valence-corrected chi connectivity index (χ4v) is 1.74. The fourth-order valence-electron chi connectivity index (χ4n) is 1.74. The molecule has 0 unspecified atom stereocenters. The van der Waals surface area contributed by atoms with E-state index in [1.165, 1.54) is 6.08 Å². The summed E-state index contributed by atoms with van der Waals surface area (Å²) in [5.74, 6) is 0.162. The summed E-state index contributed by atoms with van der Waals surface area (Å²) in [5.41, 5.74) is 2.23. The number of hydrogen-bond donors (Lipinski definition) is 0. The summed E-state index contributed by atoms with van der Waals surface area (Å²) in [5, 5.41) is 0. The van der Waals surface area contributed by atoms with Crippen molar-refractivity contribution in [3.05, 3.63) is 78.9 Å². The molecule has 2 rings (SSSR count). The number of rotatable bonds is 4. The van der Waals surface area contributed by atoms with E-state index in [-0.39, 0.29) is 5.97 Å². The van der Waals surface area contributed by atoms with E-state index in [1.54, 1.807) is 24.3 Å². The van der Waals surface area contributed by atoms with E-state index in [0.717, 1.165) is 11.1 Å². The number of ether oxygens (including phenoxy) is 1. The lowest BCUT2D eigenvalue weighted by molar-refractivity contribution is -0.128. The van der Waals surface area contributed by atoms with E-state index in [1.807, 2.05) is 55.5 Å². The van der Waals surface area contributed by atoms with Crippen LogP contribution in [-0.2, 0) is 4.79 Å². The normalized spacial score (nSPS) is 11.1. The van der Waals surface area contributed by atoms with Gasteiger partial charge in [0.15, 0.2) is 0 Å². The molecule has 0 fully saturated rings. The lowest BCUT2D eigenvalue weighted by Crippen LogP contribution is -2.03. The smallest absolute Gasteiger partial charge is 0.336 e. The second kappa shape index (κ2) is 7.10. The standard InChI is InChI=1S/C18H16O2/c1-2-3-5-10-18(19)20-17-13-11-16(12-14-17)15-8-6-4-7-9-15/h2-14H,1H3/b3-2+,10-5+. The quantitative estimate of drug-likeness (QED) is 0.354. The highest BCUT2D eigenvalue weighted by Crippen LogP contribution is 2.22. The van der Waals surface area contributed by atoms with Gasteiger partial charge in [-0.15, -0.1) is 0 Å². The summed E-state index contributed by atoms with van der Waals surface area (Å²) < 4.78 is 5.19. The minimum Gasteiger partial charge on any atom is -0.423 e. The van der Waals surface area contributed by atoms with Crippen LogP contribution in [0.15, 0.2) is 78.9 Å². The van der Waals surface area contributed by atoms with Gasteiger partial charge in [-0.25, -0.2) is 4.79 Å². The number of esters is 1. The van der Waals surface area contributed by atoms with E-state index in [2.05, 4.69) is 0 Å². The highest BCUT2D eigenvalue weighted by atomic mass is 16.5. The van der Waals surface area contributed by atoms with Gasteiger partial charge in [-0.05, 0) is 30.2 Å². The van der Waals surface area contributed by atoms with Crippen molar-refractivity contribution in [2.45, 2.75) is 6.92 Å². The molecule has 0 atom stereocenters. The van der Waals surface area contributed by atoms with E-state index >= 15 is 0 Å². The molecule has 0 spiro atoms. The molecular formula is C18H16O2. The van der Waals surface area contributed by atoms with Crippen molar-refractivity contribution in [2.75, 3.05) is 0 Å². The molecule has 2 heteroatoms. The minimum atomic E-state index is -0.379. The fraction of sp³-hybridized carbons (Fsp3) is 0.0556. The van der Waals surface area contributed by atoms with Crippen LogP contribution < -0.4 is 4.74 Å². The molecule has 0 radical (unpaired) electrons. The van der Waals surface area contributed by atoms with Gasteiger partial charge in [0.1, 0.15) is 5.75 Å². The van der Waals surface area contributed by atoms with Crippen molar-refractivity contribution in [1.82, 2.24) is 0 Å². The van der Waals surface area contributed by atoms with Gasteiger partial charge in [0, 0.05) is 6.08 Å². The number of benzene rings is 2. The van der Waals surface area contributed by atoms with Crippen LogP contribution in [-0.4, -0.2) is 5.97 Å². The Balaban J connectivity index is 2.04. The topological polar surface area (TPSA) is 26.3 Å². The van der Waals surface area contributed by atoms with E-state index < -0.39 is 0 Å². The van der Waals surface area contributed by atoms with Gasteiger partial charge in [-0.2, -0.15) is 0 Å². The molecule has 2 aromatic rings. The first-order chi connectivity index (χ1) is 9.79. The molecule has 100 valence electrons. The summed E-state index contributed by atoms with van der Waals surface area (Å²) in [4.78, 5) is 11.5. The molecule has 2 aromatic carbocycles. The van der Waals surface area contributed by atoms with Crippen molar-refractivity contribution >= 4 is 5.97 Å². The van der Waals surface area contributed by atoms with Crippen LogP contribution >= 0.6 is 0 Å². The zero-order valence-corrected chi connectivity index (χ0v) is 11.3.